The van der Waals surface area contributed by atoms with Gasteiger partial charge in [-0.25, -0.2) is 4.98 Å². The number of nitrogens with one attached hydrogen (secondary N) is 2. The summed E-state index contributed by atoms with van der Waals surface area (Å²) in [4.78, 5) is 33.6. The lowest BCUT2D eigenvalue weighted by molar-refractivity contribution is -0.132. The number of H-pyrrole nitrogens is 1. The molecule has 0 saturated carbocycles. The second-order valence-corrected chi connectivity index (χ2v) is 7.76. The Morgan fingerprint density at radius 1 is 1.23 bits per heavy atom. The van der Waals surface area contributed by atoms with Gasteiger partial charge >= 0.3 is 0 Å². The van der Waals surface area contributed by atoms with Crippen LogP contribution in [-0.2, 0) is 9.59 Å². The van der Waals surface area contributed by atoms with E-state index >= 15 is 0 Å². The maximum atomic E-state index is 12.4. The van der Waals surface area contributed by atoms with Gasteiger partial charge in [-0.1, -0.05) is 6.92 Å². The van der Waals surface area contributed by atoms with Crippen LogP contribution in [0.5, 0.6) is 0 Å². The predicted octanol–water partition coefficient (Wildman–Crippen LogP) is 2.11. The number of nitrogens with zero attached hydrogens (tertiary/aromatic N) is 5. The Labute approximate surface area is 178 Å². The highest BCUT2D eigenvalue weighted by atomic mass is 16.2. The SMILES string of the molecule is CCC(=O)NCC(=O)N1CCC(c2cc3c(-c4cnn5ncccc45)ccnc3[nH]2)C1. The first-order valence-electron chi connectivity index (χ1n) is 10.5. The molecule has 0 aliphatic carbocycles. The molecule has 31 heavy (non-hydrogen) atoms. The molecular weight excluding hydrogens is 394 g/mol. The third kappa shape index (κ3) is 3.52. The van der Waals surface area contributed by atoms with Crippen molar-refractivity contribution in [1.29, 1.82) is 0 Å². The molecule has 158 valence electrons. The van der Waals surface area contributed by atoms with Gasteiger partial charge in [-0.3, -0.25) is 9.59 Å². The Hall–Kier alpha value is -3.75. The lowest BCUT2D eigenvalue weighted by Gasteiger charge is -2.16. The van der Waals surface area contributed by atoms with Gasteiger partial charge in [0, 0.05) is 54.5 Å². The van der Waals surface area contributed by atoms with E-state index in [0.29, 0.717) is 19.5 Å². The molecule has 0 bridgehead atoms. The number of carbonyl (C=O) groups excluding carboxylic acids is 2. The minimum absolute atomic E-state index is 0.0434. The van der Waals surface area contributed by atoms with Crippen LogP contribution in [-0.4, -0.2) is 61.1 Å². The van der Waals surface area contributed by atoms with Gasteiger partial charge in [0.15, 0.2) is 0 Å². The van der Waals surface area contributed by atoms with E-state index in [2.05, 4.69) is 31.5 Å². The normalized spacial score (nSPS) is 16.3. The van der Waals surface area contributed by atoms with Crippen molar-refractivity contribution >= 4 is 28.4 Å². The average Bonchev–Trinajstić information content (AvgIpc) is 3.54. The van der Waals surface area contributed by atoms with Gasteiger partial charge < -0.3 is 15.2 Å². The monoisotopic (exact) mass is 417 g/mol. The molecule has 1 fully saturated rings. The molecule has 9 heteroatoms. The first-order valence-corrected chi connectivity index (χ1v) is 10.5. The summed E-state index contributed by atoms with van der Waals surface area (Å²) in [5.41, 5.74) is 4.86. The quantitative estimate of drug-likeness (QED) is 0.517. The summed E-state index contributed by atoms with van der Waals surface area (Å²) < 4.78 is 1.62. The Balaban J connectivity index is 1.40. The predicted molar refractivity (Wildman–Crippen MR) is 115 cm³/mol. The van der Waals surface area contributed by atoms with Crippen molar-refractivity contribution in [3.05, 3.63) is 48.5 Å². The summed E-state index contributed by atoms with van der Waals surface area (Å²) in [6.07, 6.45) is 6.57. The lowest BCUT2D eigenvalue weighted by atomic mass is 10.0. The second kappa shape index (κ2) is 7.82. The van der Waals surface area contributed by atoms with E-state index in [1.54, 1.807) is 23.9 Å². The van der Waals surface area contributed by atoms with Gasteiger partial charge in [-0.2, -0.15) is 14.8 Å². The summed E-state index contributed by atoms with van der Waals surface area (Å²) in [6, 6.07) is 8.02. The van der Waals surface area contributed by atoms with Crippen molar-refractivity contribution in [2.45, 2.75) is 25.7 Å². The van der Waals surface area contributed by atoms with E-state index in [1.807, 2.05) is 29.3 Å². The van der Waals surface area contributed by atoms with Gasteiger partial charge in [0.25, 0.3) is 0 Å². The largest absolute Gasteiger partial charge is 0.347 e. The van der Waals surface area contributed by atoms with E-state index in [9.17, 15) is 9.59 Å². The number of likely N-dealkylation sites (tertiary alicyclic amines) is 1. The van der Waals surface area contributed by atoms with Crippen molar-refractivity contribution in [2.75, 3.05) is 19.6 Å². The summed E-state index contributed by atoms with van der Waals surface area (Å²) in [7, 11) is 0. The van der Waals surface area contributed by atoms with Crippen molar-refractivity contribution in [3.8, 4) is 11.1 Å². The molecule has 1 saturated heterocycles. The molecule has 4 aromatic rings. The molecule has 4 aromatic heterocycles. The van der Waals surface area contributed by atoms with Crippen LogP contribution >= 0.6 is 0 Å². The molecule has 2 amide bonds. The molecule has 5 heterocycles. The number of carbonyl (C=O) groups is 2. The zero-order valence-electron chi connectivity index (χ0n) is 17.2. The van der Waals surface area contributed by atoms with E-state index in [0.717, 1.165) is 39.8 Å². The smallest absolute Gasteiger partial charge is 0.241 e. The molecule has 5 rings (SSSR count). The van der Waals surface area contributed by atoms with Gasteiger partial charge in [0.1, 0.15) is 5.65 Å². The summed E-state index contributed by atoms with van der Waals surface area (Å²) >= 11 is 0. The number of aromatic amines is 1. The minimum atomic E-state index is -0.110. The number of rotatable bonds is 5. The fourth-order valence-corrected chi connectivity index (χ4v) is 4.19. The third-order valence-corrected chi connectivity index (χ3v) is 5.89. The highest BCUT2D eigenvalue weighted by Gasteiger charge is 2.29. The third-order valence-electron chi connectivity index (χ3n) is 5.89. The Bertz CT molecular complexity index is 1280. The van der Waals surface area contributed by atoms with Crippen LogP contribution in [0.4, 0.5) is 0 Å². The van der Waals surface area contributed by atoms with Crippen LogP contribution in [0.3, 0.4) is 0 Å². The number of hydrogen-bond acceptors (Lipinski definition) is 5. The number of fused-ring (bicyclic) bond motifs is 2. The Kier molecular flexibility index (Phi) is 4.85. The molecule has 2 N–H and O–H groups in total. The molecule has 1 aliphatic heterocycles. The first-order chi connectivity index (χ1) is 15.1. The van der Waals surface area contributed by atoms with E-state index in [1.165, 1.54) is 0 Å². The molecule has 0 spiro atoms. The van der Waals surface area contributed by atoms with Gasteiger partial charge in [-0.15, -0.1) is 0 Å². The van der Waals surface area contributed by atoms with Crippen molar-refractivity contribution in [1.82, 2.24) is 35.0 Å². The molecule has 1 unspecified atom stereocenters. The topological polar surface area (TPSA) is 108 Å². The van der Waals surface area contributed by atoms with Crippen LogP contribution < -0.4 is 5.32 Å². The maximum Gasteiger partial charge on any atom is 0.241 e. The molecule has 1 atom stereocenters. The van der Waals surface area contributed by atoms with Crippen molar-refractivity contribution in [2.24, 2.45) is 0 Å². The van der Waals surface area contributed by atoms with E-state index in [-0.39, 0.29) is 24.3 Å². The maximum absolute atomic E-state index is 12.4. The highest BCUT2D eigenvalue weighted by molar-refractivity contribution is 5.97. The van der Waals surface area contributed by atoms with Crippen LogP contribution in [0.25, 0.3) is 27.7 Å². The van der Waals surface area contributed by atoms with Gasteiger partial charge in [0.2, 0.25) is 11.8 Å². The zero-order chi connectivity index (χ0) is 21.4. The average molecular weight is 417 g/mol. The number of aromatic nitrogens is 5. The zero-order valence-corrected chi connectivity index (χ0v) is 17.2. The number of hydrogen-bond donors (Lipinski definition) is 2. The molecule has 0 aromatic carbocycles. The number of amides is 2. The number of pyridine rings is 1. The van der Waals surface area contributed by atoms with Gasteiger partial charge in [0.05, 0.1) is 18.3 Å². The minimum Gasteiger partial charge on any atom is -0.347 e. The second-order valence-electron chi connectivity index (χ2n) is 7.76. The Morgan fingerprint density at radius 2 is 2.13 bits per heavy atom. The highest BCUT2D eigenvalue weighted by Crippen LogP contribution is 2.34. The van der Waals surface area contributed by atoms with E-state index in [4.69, 9.17) is 0 Å². The van der Waals surface area contributed by atoms with Crippen LogP contribution in [0.1, 0.15) is 31.4 Å². The summed E-state index contributed by atoms with van der Waals surface area (Å²) in [6.45, 7) is 3.14. The van der Waals surface area contributed by atoms with Gasteiger partial charge in [-0.05, 0) is 36.2 Å². The molecule has 9 nitrogen and oxygen atoms in total. The molecule has 1 aliphatic rings. The Morgan fingerprint density at radius 3 is 3.00 bits per heavy atom. The summed E-state index contributed by atoms with van der Waals surface area (Å²) in [5, 5.41) is 12.3. The van der Waals surface area contributed by atoms with E-state index < -0.39 is 0 Å². The summed E-state index contributed by atoms with van der Waals surface area (Å²) in [5.74, 6) is 0.0535. The van der Waals surface area contributed by atoms with Crippen molar-refractivity contribution in [3.63, 3.8) is 0 Å². The molecule has 0 radical (unpaired) electrons. The fraction of sp³-hybridized carbons (Fsp3) is 0.318. The van der Waals surface area contributed by atoms with Crippen LogP contribution in [0, 0.1) is 0 Å². The standard InChI is InChI=1S/C22H23N7O2/c1-2-20(30)24-12-21(31)28-9-6-14(13-28)18-10-16-15(5-8-23-22(16)27-18)17-11-26-29-19(17)4-3-7-25-29/h3-5,7-8,10-11,14H,2,6,9,12-13H2,1H3,(H,23,27)(H,24,30). The van der Waals surface area contributed by atoms with Crippen molar-refractivity contribution < 1.29 is 9.59 Å². The fourth-order valence-electron chi connectivity index (χ4n) is 4.19. The first kappa shape index (κ1) is 19.2. The molecular formula is C22H23N7O2. The van der Waals surface area contributed by atoms with Crippen LogP contribution in [0.15, 0.2) is 42.9 Å². The lowest BCUT2D eigenvalue weighted by Crippen LogP contribution is -2.38. The van der Waals surface area contributed by atoms with Crippen LogP contribution in [0.2, 0.25) is 0 Å².